The van der Waals surface area contributed by atoms with Gasteiger partial charge in [-0.25, -0.2) is 22.8 Å². The number of piperidine rings is 1. The SMILES string of the molecule is C=CC(=O)N[C@@H]1C[C@@H]1c1ccc(N2CC(CS(C)(=O)=O)C2)c2cnc(Nc3ccnc(N4CC[C@@H](OC)[C@@H](F)C4)n3)cc12. The number of amides is 1. The Morgan fingerprint density at radius 1 is 1.16 bits per heavy atom. The number of pyridine rings is 1. The van der Waals surface area contributed by atoms with Crippen LogP contribution in [0.25, 0.3) is 10.8 Å². The van der Waals surface area contributed by atoms with Crippen molar-refractivity contribution in [3.8, 4) is 0 Å². The normalized spacial score (nSPS) is 24.0. The lowest BCUT2D eigenvalue weighted by atomic mass is 9.96. The Bertz CT molecular complexity index is 1650. The van der Waals surface area contributed by atoms with Crippen molar-refractivity contribution in [2.75, 3.05) is 60.4 Å². The highest BCUT2D eigenvalue weighted by Crippen LogP contribution is 2.46. The van der Waals surface area contributed by atoms with E-state index in [9.17, 15) is 17.6 Å². The molecule has 2 saturated heterocycles. The molecular weight excluding hydrogens is 573 g/mol. The van der Waals surface area contributed by atoms with E-state index in [1.165, 1.54) is 19.4 Å². The maximum Gasteiger partial charge on any atom is 0.243 e. The van der Waals surface area contributed by atoms with Gasteiger partial charge in [-0.15, -0.1) is 0 Å². The monoisotopic (exact) mass is 609 g/mol. The average Bonchev–Trinajstić information content (AvgIpc) is 3.72. The molecule has 0 radical (unpaired) electrons. The molecule has 2 N–H and O–H groups in total. The Kier molecular flexibility index (Phi) is 7.94. The number of nitrogens with one attached hydrogen (secondary N) is 2. The van der Waals surface area contributed by atoms with Gasteiger partial charge >= 0.3 is 0 Å². The molecule has 1 aliphatic carbocycles. The summed E-state index contributed by atoms with van der Waals surface area (Å²) in [4.78, 5) is 29.6. The third kappa shape index (κ3) is 6.42. The van der Waals surface area contributed by atoms with E-state index in [-0.39, 0.29) is 36.1 Å². The highest BCUT2D eigenvalue weighted by Gasteiger charge is 2.41. The molecule has 3 fully saturated rings. The van der Waals surface area contributed by atoms with Crippen LogP contribution in [0.2, 0.25) is 0 Å². The zero-order valence-electron chi connectivity index (χ0n) is 24.2. The zero-order chi connectivity index (χ0) is 30.3. The van der Waals surface area contributed by atoms with Gasteiger partial charge in [-0.05, 0) is 48.1 Å². The van der Waals surface area contributed by atoms with Crippen LogP contribution in [0, 0.1) is 5.92 Å². The highest BCUT2D eigenvalue weighted by atomic mass is 32.2. The molecule has 3 aliphatic rings. The maximum atomic E-state index is 14.5. The topological polar surface area (TPSA) is 130 Å². The largest absolute Gasteiger partial charge is 0.378 e. The van der Waals surface area contributed by atoms with Crippen molar-refractivity contribution in [1.82, 2.24) is 20.3 Å². The van der Waals surface area contributed by atoms with Gasteiger partial charge in [-0.1, -0.05) is 12.6 Å². The second-order valence-corrected chi connectivity index (χ2v) is 13.9. The molecule has 1 amide bonds. The van der Waals surface area contributed by atoms with E-state index in [0.717, 1.165) is 28.4 Å². The highest BCUT2D eigenvalue weighted by molar-refractivity contribution is 7.90. The van der Waals surface area contributed by atoms with Crippen LogP contribution in [0.3, 0.4) is 0 Å². The third-order valence-electron chi connectivity index (χ3n) is 8.42. The standard InChI is InChI=1S/C30H36FN7O4S/c1-4-29(39)34-24-11-21(24)19-5-6-25(38-14-18(15-38)17-43(3,40)41)22-13-33-28(12-20(19)22)35-27-7-9-32-30(36-27)37-10-8-26(42-2)23(31)16-37/h4-7,9,12-13,18,21,23-24,26H,1,8,10-11,14-17H2,2-3H3,(H,34,39)(H,32,33,35,36)/t21-,23+,24-,26-/m1/s1. The van der Waals surface area contributed by atoms with Gasteiger partial charge in [0.25, 0.3) is 0 Å². The number of aromatic nitrogens is 3. The van der Waals surface area contributed by atoms with Crippen LogP contribution in [-0.4, -0.2) is 92.9 Å². The number of fused-ring (bicyclic) bond motifs is 1. The molecule has 3 aromatic rings. The summed E-state index contributed by atoms with van der Waals surface area (Å²) in [6, 6.07) is 7.91. The lowest BCUT2D eigenvalue weighted by Crippen LogP contribution is -2.49. The number of anilines is 4. The fourth-order valence-electron chi connectivity index (χ4n) is 6.19. The number of alkyl halides is 1. The molecule has 13 heteroatoms. The molecule has 4 heterocycles. The van der Waals surface area contributed by atoms with Gasteiger partial charge in [0.1, 0.15) is 27.6 Å². The van der Waals surface area contributed by atoms with Gasteiger partial charge in [0.05, 0.1) is 18.4 Å². The first-order chi connectivity index (χ1) is 20.6. The van der Waals surface area contributed by atoms with Crippen molar-refractivity contribution in [3.05, 3.63) is 54.9 Å². The van der Waals surface area contributed by atoms with Crippen molar-refractivity contribution in [2.45, 2.75) is 37.1 Å². The first-order valence-corrected chi connectivity index (χ1v) is 16.5. The number of benzene rings is 1. The summed E-state index contributed by atoms with van der Waals surface area (Å²) in [5.41, 5.74) is 2.10. The summed E-state index contributed by atoms with van der Waals surface area (Å²) in [7, 11) is -1.51. The average molecular weight is 610 g/mol. The zero-order valence-corrected chi connectivity index (χ0v) is 25.1. The molecule has 0 unspecified atom stereocenters. The van der Waals surface area contributed by atoms with E-state index in [1.54, 1.807) is 12.3 Å². The van der Waals surface area contributed by atoms with Crippen LogP contribution in [0.5, 0.6) is 0 Å². The fourth-order valence-corrected chi connectivity index (χ4v) is 7.25. The van der Waals surface area contributed by atoms with Gasteiger partial charge in [-0.2, -0.15) is 4.98 Å². The summed E-state index contributed by atoms with van der Waals surface area (Å²) in [6.45, 7) is 5.63. The molecule has 0 bridgehead atoms. The summed E-state index contributed by atoms with van der Waals surface area (Å²) in [5, 5.41) is 8.23. The molecule has 1 aromatic carbocycles. The van der Waals surface area contributed by atoms with Crippen LogP contribution in [-0.2, 0) is 19.4 Å². The van der Waals surface area contributed by atoms with Crippen molar-refractivity contribution in [2.24, 2.45) is 5.92 Å². The number of hydrogen-bond acceptors (Lipinski definition) is 10. The molecule has 2 aromatic heterocycles. The Balaban J connectivity index is 1.26. The number of methoxy groups -OCH3 is 1. The Morgan fingerprint density at radius 3 is 2.70 bits per heavy atom. The van der Waals surface area contributed by atoms with Gasteiger partial charge in [-0.3, -0.25) is 4.79 Å². The quantitative estimate of drug-likeness (QED) is 0.331. The van der Waals surface area contributed by atoms with Gasteiger partial charge in [0.15, 0.2) is 0 Å². The smallest absolute Gasteiger partial charge is 0.243 e. The molecule has 0 spiro atoms. The maximum absolute atomic E-state index is 14.5. The Labute approximate surface area is 250 Å². The molecule has 1 saturated carbocycles. The first kappa shape index (κ1) is 29.2. The number of halogens is 1. The number of nitrogens with zero attached hydrogens (tertiary/aromatic N) is 5. The molecular formula is C30H36FN7O4S. The number of hydrogen-bond donors (Lipinski definition) is 2. The fraction of sp³-hybridized carbons (Fsp3) is 0.467. The Morgan fingerprint density at radius 2 is 1.98 bits per heavy atom. The molecule has 43 heavy (non-hydrogen) atoms. The lowest BCUT2D eigenvalue weighted by Gasteiger charge is -2.41. The van der Waals surface area contributed by atoms with Crippen LogP contribution in [0.1, 0.15) is 24.3 Å². The molecule has 2 aliphatic heterocycles. The summed E-state index contributed by atoms with van der Waals surface area (Å²) < 4.78 is 43.3. The number of carbonyl (C=O) groups excluding carboxylic acids is 1. The van der Waals surface area contributed by atoms with Gasteiger partial charge < -0.3 is 25.2 Å². The van der Waals surface area contributed by atoms with E-state index >= 15 is 0 Å². The first-order valence-electron chi connectivity index (χ1n) is 14.4. The summed E-state index contributed by atoms with van der Waals surface area (Å²) in [6.07, 6.45) is 5.85. The molecule has 4 atom stereocenters. The minimum Gasteiger partial charge on any atom is -0.378 e. The van der Waals surface area contributed by atoms with E-state index in [2.05, 4.69) is 44.2 Å². The second kappa shape index (κ2) is 11.7. The van der Waals surface area contributed by atoms with Crippen molar-refractivity contribution in [3.63, 3.8) is 0 Å². The van der Waals surface area contributed by atoms with Crippen molar-refractivity contribution >= 4 is 49.8 Å². The minimum atomic E-state index is -3.04. The summed E-state index contributed by atoms with van der Waals surface area (Å²) in [5.74, 6) is 1.79. The predicted octanol–water partition coefficient (Wildman–Crippen LogP) is 2.97. The van der Waals surface area contributed by atoms with E-state index in [1.807, 2.05) is 17.2 Å². The Hall–Kier alpha value is -3.84. The van der Waals surface area contributed by atoms with E-state index in [0.29, 0.717) is 43.6 Å². The van der Waals surface area contributed by atoms with Gasteiger partial charge in [0, 0.05) is 74.3 Å². The van der Waals surface area contributed by atoms with Crippen LogP contribution in [0.15, 0.2) is 49.3 Å². The van der Waals surface area contributed by atoms with Crippen LogP contribution >= 0.6 is 0 Å². The predicted molar refractivity (Wildman–Crippen MR) is 164 cm³/mol. The van der Waals surface area contributed by atoms with Gasteiger partial charge in [0.2, 0.25) is 11.9 Å². The number of ether oxygens (including phenoxy) is 1. The number of rotatable bonds is 10. The second-order valence-electron chi connectivity index (χ2n) is 11.7. The van der Waals surface area contributed by atoms with Crippen LogP contribution in [0.4, 0.5) is 27.7 Å². The molecule has 11 nitrogen and oxygen atoms in total. The van der Waals surface area contributed by atoms with E-state index in [4.69, 9.17) is 9.72 Å². The third-order valence-corrected chi connectivity index (χ3v) is 9.49. The van der Waals surface area contributed by atoms with Crippen molar-refractivity contribution < 1.29 is 22.3 Å². The van der Waals surface area contributed by atoms with E-state index < -0.39 is 22.1 Å². The number of sulfone groups is 1. The summed E-state index contributed by atoms with van der Waals surface area (Å²) >= 11 is 0. The van der Waals surface area contributed by atoms with Crippen LogP contribution < -0.4 is 20.4 Å². The van der Waals surface area contributed by atoms with Crippen molar-refractivity contribution in [1.29, 1.82) is 0 Å². The number of carbonyl (C=O) groups is 1. The molecule has 228 valence electrons. The lowest BCUT2D eigenvalue weighted by molar-refractivity contribution is -0.116. The minimum absolute atomic E-state index is 0.0262. The molecule has 6 rings (SSSR count).